The molecule has 0 fully saturated rings. The Hall–Kier alpha value is -2.67. The van der Waals surface area contributed by atoms with Gasteiger partial charge in [-0.05, 0) is 18.6 Å². The Morgan fingerprint density at radius 3 is 2.40 bits per heavy atom. The molecule has 1 aromatic heterocycles. The fourth-order valence-corrected chi connectivity index (χ4v) is 3.31. The van der Waals surface area contributed by atoms with E-state index in [0.717, 1.165) is 10.2 Å². The van der Waals surface area contributed by atoms with Gasteiger partial charge < -0.3 is 15.3 Å². The normalized spacial score (nSPS) is 10.8. The second-order valence-corrected chi connectivity index (χ2v) is 6.51. The first-order chi connectivity index (χ1) is 12.0. The average molecular weight is 357 g/mol. The molecular weight excluding hydrogens is 338 g/mol. The lowest BCUT2D eigenvalue weighted by molar-refractivity contribution is 0.355. The van der Waals surface area contributed by atoms with E-state index in [2.05, 4.69) is 29.2 Å². The third-order valence-corrected chi connectivity index (χ3v) is 4.89. The summed E-state index contributed by atoms with van der Waals surface area (Å²) in [6, 6.07) is 11.5. The summed E-state index contributed by atoms with van der Waals surface area (Å²) in [5.41, 5.74) is 2.54. The van der Waals surface area contributed by atoms with E-state index in [1.807, 2.05) is 6.92 Å². The molecule has 130 valence electrons. The van der Waals surface area contributed by atoms with Gasteiger partial charge in [0.2, 0.25) is 0 Å². The smallest absolute Gasteiger partial charge is 0.280 e. The van der Waals surface area contributed by atoms with Crippen LogP contribution < -0.4 is 20.9 Å². The van der Waals surface area contributed by atoms with Crippen LogP contribution >= 0.6 is 11.8 Å². The van der Waals surface area contributed by atoms with Gasteiger partial charge >= 0.3 is 0 Å². The monoisotopic (exact) mass is 357 g/mol. The summed E-state index contributed by atoms with van der Waals surface area (Å²) in [6.07, 6.45) is 0. The van der Waals surface area contributed by atoms with Crippen LogP contribution in [-0.2, 0) is 5.75 Å². The van der Waals surface area contributed by atoms with Gasteiger partial charge in [0.25, 0.3) is 5.56 Å². The molecule has 25 heavy (non-hydrogen) atoms. The molecule has 0 aliphatic carbocycles. The molecule has 3 aromatic rings. The summed E-state index contributed by atoms with van der Waals surface area (Å²) < 4.78 is 11.6. The quantitative estimate of drug-likeness (QED) is 0.430. The van der Waals surface area contributed by atoms with Gasteiger partial charge in [-0.3, -0.25) is 4.79 Å². The summed E-state index contributed by atoms with van der Waals surface area (Å²) in [4.78, 5) is 17.1. The number of nitrogens with two attached hydrogens (primary N) is 1. The molecule has 0 amide bonds. The lowest BCUT2D eigenvalue weighted by Gasteiger charge is -2.11. The van der Waals surface area contributed by atoms with Gasteiger partial charge in [0.05, 0.1) is 25.1 Å². The van der Waals surface area contributed by atoms with Gasteiger partial charge in [-0.2, -0.15) is 0 Å². The third-order valence-electron chi connectivity index (χ3n) is 3.86. The van der Waals surface area contributed by atoms with Gasteiger partial charge in [-0.25, -0.2) is 9.66 Å². The predicted molar refractivity (Wildman–Crippen MR) is 100.0 cm³/mol. The standard InChI is InChI=1S/C18H19N3O3S/c1-11-4-6-12(7-5-11)10-25-18-20-14-9-16(24-3)15(23-2)8-13(14)17(22)21(18)19/h4-9H,10,19H2,1-3H3. The van der Waals surface area contributed by atoms with Crippen molar-refractivity contribution in [1.82, 2.24) is 9.66 Å². The predicted octanol–water partition coefficient (Wildman–Crippen LogP) is 2.73. The van der Waals surface area contributed by atoms with Crippen molar-refractivity contribution in [3.63, 3.8) is 0 Å². The van der Waals surface area contributed by atoms with Crippen LogP contribution in [-0.4, -0.2) is 23.9 Å². The highest BCUT2D eigenvalue weighted by Crippen LogP contribution is 2.31. The fourth-order valence-electron chi connectivity index (χ4n) is 2.44. The third kappa shape index (κ3) is 3.41. The van der Waals surface area contributed by atoms with Crippen LogP contribution in [0, 0.1) is 6.92 Å². The summed E-state index contributed by atoms with van der Waals surface area (Å²) in [6.45, 7) is 2.04. The molecule has 0 spiro atoms. The zero-order chi connectivity index (χ0) is 18.0. The van der Waals surface area contributed by atoms with E-state index >= 15 is 0 Å². The number of rotatable bonds is 5. The van der Waals surface area contributed by atoms with Crippen LogP contribution in [0.5, 0.6) is 11.5 Å². The minimum atomic E-state index is -0.322. The second-order valence-electron chi connectivity index (χ2n) is 5.57. The Bertz CT molecular complexity index is 968. The Balaban J connectivity index is 1.99. The number of methoxy groups -OCH3 is 2. The molecule has 6 nitrogen and oxygen atoms in total. The molecule has 0 atom stereocenters. The highest BCUT2D eigenvalue weighted by atomic mass is 32.2. The number of hydrogen-bond acceptors (Lipinski definition) is 6. The average Bonchev–Trinajstić information content (AvgIpc) is 2.63. The van der Waals surface area contributed by atoms with Crippen LogP contribution in [0.25, 0.3) is 10.9 Å². The molecule has 0 aliphatic rings. The zero-order valence-electron chi connectivity index (χ0n) is 14.3. The van der Waals surface area contributed by atoms with Gasteiger partial charge in [0, 0.05) is 11.8 Å². The van der Waals surface area contributed by atoms with Crippen molar-refractivity contribution >= 4 is 22.7 Å². The molecule has 2 N–H and O–H groups in total. The molecule has 2 aromatic carbocycles. The molecular formula is C18H19N3O3S. The number of aryl methyl sites for hydroxylation is 1. The topological polar surface area (TPSA) is 79.4 Å². The van der Waals surface area contributed by atoms with E-state index < -0.39 is 0 Å². The minimum absolute atomic E-state index is 0.322. The van der Waals surface area contributed by atoms with Gasteiger partial charge in [-0.15, -0.1) is 0 Å². The number of ether oxygens (including phenoxy) is 2. The maximum absolute atomic E-state index is 12.6. The number of fused-ring (bicyclic) bond motifs is 1. The van der Waals surface area contributed by atoms with Gasteiger partial charge in [-0.1, -0.05) is 41.6 Å². The molecule has 3 rings (SSSR count). The van der Waals surface area contributed by atoms with E-state index in [0.29, 0.717) is 33.3 Å². The zero-order valence-corrected chi connectivity index (χ0v) is 15.1. The minimum Gasteiger partial charge on any atom is -0.493 e. The first kappa shape index (κ1) is 17.2. The highest BCUT2D eigenvalue weighted by molar-refractivity contribution is 7.98. The van der Waals surface area contributed by atoms with Crippen LogP contribution in [0.15, 0.2) is 46.3 Å². The second kappa shape index (κ2) is 7.06. The van der Waals surface area contributed by atoms with E-state index in [1.54, 1.807) is 19.2 Å². The number of benzene rings is 2. The number of thioether (sulfide) groups is 1. The molecule has 0 bridgehead atoms. The molecule has 0 radical (unpaired) electrons. The summed E-state index contributed by atoms with van der Waals surface area (Å²) in [5.74, 6) is 7.60. The van der Waals surface area contributed by atoms with Gasteiger partial charge in [0.1, 0.15) is 0 Å². The summed E-state index contributed by atoms with van der Waals surface area (Å²) in [7, 11) is 3.06. The maximum atomic E-state index is 12.6. The van der Waals surface area contributed by atoms with Crippen LogP contribution in [0.4, 0.5) is 0 Å². The van der Waals surface area contributed by atoms with Crippen molar-refractivity contribution in [2.75, 3.05) is 20.1 Å². The molecule has 1 heterocycles. The van der Waals surface area contributed by atoms with E-state index in [9.17, 15) is 4.79 Å². The van der Waals surface area contributed by atoms with Crippen LogP contribution in [0.2, 0.25) is 0 Å². The molecule has 0 saturated heterocycles. The molecule has 7 heteroatoms. The Morgan fingerprint density at radius 2 is 1.76 bits per heavy atom. The Morgan fingerprint density at radius 1 is 1.12 bits per heavy atom. The van der Waals surface area contributed by atoms with E-state index in [-0.39, 0.29) is 5.56 Å². The lowest BCUT2D eigenvalue weighted by atomic mass is 10.2. The van der Waals surface area contributed by atoms with Crippen molar-refractivity contribution in [3.05, 3.63) is 57.9 Å². The van der Waals surface area contributed by atoms with Crippen LogP contribution in [0.1, 0.15) is 11.1 Å². The number of hydrogen-bond donors (Lipinski definition) is 1. The lowest BCUT2D eigenvalue weighted by Crippen LogP contribution is -2.29. The highest BCUT2D eigenvalue weighted by Gasteiger charge is 2.14. The Kier molecular flexibility index (Phi) is 4.85. The molecule has 0 saturated carbocycles. The number of nitrogens with zero attached hydrogens (tertiary/aromatic N) is 2. The van der Waals surface area contributed by atoms with E-state index in [4.69, 9.17) is 15.3 Å². The van der Waals surface area contributed by atoms with Crippen molar-refractivity contribution in [2.24, 2.45) is 0 Å². The first-order valence-electron chi connectivity index (χ1n) is 7.65. The van der Waals surface area contributed by atoms with Crippen LogP contribution in [0.3, 0.4) is 0 Å². The van der Waals surface area contributed by atoms with Crippen molar-refractivity contribution in [3.8, 4) is 11.5 Å². The SMILES string of the molecule is COc1cc2nc(SCc3ccc(C)cc3)n(N)c(=O)c2cc1OC. The van der Waals surface area contributed by atoms with Crippen molar-refractivity contribution < 1.29 is 9.47 Å². The summed E-state index contributed by atoms with van der Waals surface area (Å²) >= 11 is 1.41. The van der Waals surface area contributed by atoms with Crippen molar-refractivity contribution in [1.29, 1.82) is 0 Å². The molecule has 0 aliphatic heterocycles. The first-order valence-corrected chi connectivity index (χ1v) is 8.64. The number of nitrogen functional groups attached to an aromatic ring is 1. The Labute approximate surface area is 149 Å². The van der Waals surface area contributed by atoms with Crippen molar-refractivity contribution in [2.45, 2.75) is 17.8 Å². The largest absolute Gasteiger partial charge is 0.493 e. The fraction of sp³-hybridized carbons (Fsp3) is 0.222. The molecule has 0 unspecified atom stereocenters. The maximum Gasteiger partial charge on any atom is 0.280 e. The van der Waals surface area contributed by atoms with E-state index in [1.165, 1.54) is 24.4 Å². The van der Waals surface area contributed by atoms with Gasteiger partial charge in [0.15, 0.2) is 16.7 Å². The summed E-state index contributed by atoms with van der Waals surface area (Å²) in [5, 5.41) is 0.838. The number of aromatic nitrogens is 2.